The summed E-state index contributed by atoms with van der Waals surface area (Å²) in [6.45, 7) is 0.631. The van der Waals surface area contributed by atoms with Crippen LogP contribution in [0.4, 0.5) is 5.69 Å². The molecule has 0 radical (unpaired) electrons. The van der Waals surface area contributed by atoms with Crippen LogP contribution >= 0.6 is 0 Å². The summed E-state index contributed by atoms with van der Waals surface area (Å²) in [5.41, 5.74) is 7.48. The molecule has 0 atom stereocenters. The first-order chi connectivity index (χ1) is 13.6. The fourth-order valence-electron chi connectivity index (χ4n) is 3.19. The van der Waals surface area contributed by atoms with Crippen molar-refractivity contribution in [3.8, 4) is 11.1 Å². The molecule has 1 heterocycles. The van der Waals surface area contributed by atoms with E-state index >= 15 is 0 Å². The second-order valence-electron chi connectivity index (χ2n) is 6.61. The Kier molecular flexibility index (Phi) is 4.78. The van der Waals surface area contributed by atoms with Gasteiger partial charge in [0.15, 0.2) is 0 Å². The van der Waals surface area contributed by atoms with E-state index in [0.29, 0.717) is 12.1 Å². The Morgan fingerprint density at radius 1 is 1.04 bits per heavy atom. The highest BCUT2D eigenvalue weighted by Crippen LogP contribution is 2.26. The number of aromatic nitrogens is 2. The van der Waals surface area contributed by atoms with Gasteiger partial charge < -0.3 is 5.32 Å². The van der Waals surface area contributed by atoms with Crippen LogP contribution in [-0.2, 0) is 13.6 Å². The minimum absolute atomic E-state index is 0.416. The number of hydrogen-bond acceptors (Lipinski definition) is 4. The second kappa shape index (κ2) is 7.54. The summed E-state index contributed by atoms with van der Waals surface area (Å²) in [6.07, 6.45) is 1.88. The summed E-state index contributed by atoms with van der Waals surface area (Å²) >= 11 is 0. The van der Waals surface area contributed by atoms with Crippen LogP contribution in [0.25, 0.3) is 22.0 Å². The number of hydroxylamine groups is 1. The molecule has 6 nitrogen and oxygen atoms in total. The molecule has 0 unspecified atom stereocenters. The zero-order valence-corrected chi connectivity index (χ0v) is 15.4. The lowest BCUT2D eigenvalue weighted by Gasteiger charge is -2.10. The molecule has 4 aromatic rings. The number of rotatable bonds is 5. The SMILES string of the molecule is Cn1ncc2cc(-c3cccc(NCc4ccc(C(=O)NO)cc4)c3)ccc21. The maximum Gasteiger partial charge on any atom is 0.274 e. The third-order valence-electron chi connectivity index (χ3n) is 4.76. The number of anilines is 1. The maximum atomic E-state index is 11.4. The van der Waals surface area contributed by atoms with Gasteiger partial charge in [-0.05, 0) is 53.1 Å². The van der Waals surface area contributed by atoms with Crippen molar-refractivity contribution in [2.24, 2.45) is 7.05 Å². The Morgan fingerprint density at radius 3 is 2.61 bits per heavy atom. The van der Waals surface area contributed by atoms with Crippen LogP contribution in [0.5, 0.6) is 0 Å². The molecular weight excluding hydrogens is 352 g/mol. The molecule has 0 fully saturated rings. The first-order valence-corrected chi connectivity index (χ1v) is 8.93. The standard InChI is InChI=1S/C22H20N4O2/c1-26-21-10-9-18(11-19(21)14-24-26)17-3-2-4-20(12-17)23-13-15-5-7-16(8-6-15)22(27)25-28/h2-12,14,23,28H,13H2,1H3,(H,25,27). The summed E-state index contributed by atoms with van der Waals surface area (Å²) in [4.78, 5) is 11.4. The van der Waals surface area contributed by atoms with Crippen molar-refractivity contribution in [2.75, 3.05) is 5.32 Å². The molecule has 28 heavy (non-hydrogen) atoms. The van der Waals surface area contributed by atoms with Gasteiger partial charge >= 0.3 is 0 Å². The van der Waals surface area contributed by atoms with Crippen molar-refractivity contribution < 1.29 is 10.0 Å². The average Bonchev–Trinajstić information content (AvgIpc) is 3.12. The number of benzene rings is 3. The van der Waals surface area contributed by atoms with Gasteiger partial charge in [0.2, 0.25) is 0 Å². The van der Waals surface area contributed by atoms with Gasteiger partial charge in [0, 0.05) is 30.2 Å². The van der Waals surface area contributed by atoms with E-state index in [-0.39, 0.29) is 0 Å². The minimum atomic E-state index is -0.516. The van der Waals surface area contributed by atoms with Crippen molar-refractivity contribution in [1.82, 2.24) is 15.3 Å². The number of hydrogen-bond donors (Lipinski definition) is 3. The van der Waals surface area contributed by atoms with E-state index in [0.717, 1.165) is 33.3 Å². The normalized spacial score (nSPS) is 10.8. The Hall–Kier alpha value is -3.64. The molecule has 3 N–H and O–H groups in total. The molecule has 0 saturated carbocycles. The van der Waals surface area contributed by atoms with Crippen molar-refractivity contribution in [1.29, 1.82) is 0 Å². The number of nitrogens with one attached hydrogen (secondary N) is 2. The molecule has 6 heteroatoms. The van der Waals surface area contributed by atoms with Crippen molar-refractivity contribution in [3.05, 3.63) is 84.1 Å². The summed E-state index contributed by atoms with van der Waals surface area (Å²) in [6, 6.07) is 21.7. The Morgan fingerprint density at radius 2 is 1.82 bits per heavy atom. The van der Waals surface area contributed by atoms with Gasteiger partial charge in [0.05, 0.1) is 11.7 Å². The zero-order chi connectivity index (χ0) is 19.5. The van der Waals surface area contributed by atoms with Gasteiger partial charge in [-0.25, -0.2) is 5.48 Å². The molecule has 3 aromatic carbocycles. The highest BCUT2D eigenvalue weighted by molar-refractivity contribution is 5.93. The topological polar surface area (TPSA) is 79.2 Å². The van der Waals surface area contributed by atoms with Gasteiger partial charge in [0.25, 0.3) is 5.91 Å². The van der Waals surface area contributed by atoms with Gasteiger partial charge in [0.1, 0.15) is 0 Å². The van der Waals surface area contributed by atoms with Crippen molar-refractivity contribution >= 4 is 22.5 Å². The van der Waals surface area contributed by atoms with E-state index in [9.17, 15) is 4.79 Å². The molecule has 140 valence electrons. The Bertz CT molecular complexity index is 1130. The number of carbonyl (C=O) groups is 1. The van der Waals surface area contributed by atoms with Crippen LogP contribution in [0.15, 0.2) is 72.9 Å². The van der Waals surface area contributed by atoms with E-state index in [1.807, 2.05) is 42.2 Å². The van der Waals surface area contributed by atoms with Crippen LogP contribution < -0.4 is 10.8 Å². The molecule has 0 aliphatic rings. The molecular formula is C22H20N4O2. The number of aryl methyl sites for hydroxylation is 1. The summed E-state index contributed by atoms with van der Waals surface area (Å²) in [5.74, 6) is -0.516. The Balaban J connectivity index is 1.49. The van der Waals surface area contributed by atoms with Crippen LogP contribution in [0.2, 0.25) is 0 Å². The predicted octanol–water partition coefficient (Wildman–Crippen LogP) is 3.97. The lowest BCUT2D eigenvalue weighted by molar-refractivity contribution is 0.0706. The van der Waals surface area contributed by atoms with Crippen molar-refractivity contribution in [3.63, 3.8) is 0 Å². The maximum absolute atomic E-state index is 11.4. The third kappa shape index (κ3) is 3.58. The quantitative estimate of drug-likeness (QED) is 0.366. The van der Waals surface area contributed by atoms with Gasteiger partial charge in [-0.3, -0.25) is 14.7 Å². The van der Waals surface area contributed by atoms with Gasteiger partial charge in [-0.2, -0.15) is 5.10 Å². The summed E-state index contributed by atoms with van der Waals surface area (Å²) in [7, 11) is 1.94. The van der Waals surface area contributed by atoms with Gasteiger partial charge in [-0.1, -0.05) is 30.3 Å². The van der Waals surface area contributed by atoms with Crippen molar-refractivity contribution in [2.45, 2.75) is 6.54 Å². The molecule has 0 aliphatic carbocycles. The van der Waals surface area contributed by atoms with Crippen LogP contribution in [0.1, 0.15) is 15.9 Å². The molecule has 4 rings (SSSR count). The fraction of sp³-hybridized carbons (Fsp3) is 0.0909. The largest absolute Gasteiger partial charge is 0.381 e. The van der Waals surface area contributed by atoms with Crippen LogP contribution in [-0.4, -0.2) is 20.9 Å². The number of amides is 1. The average molecular weight is 372 g/mol. The minimum Gasteiger partial charge on any atom is -0.381 e. The highest BCUT2D eigenvalue weighted by atomic mass is 16.5. The highest BCUT2D eigenvalue weighted by Gasteiger charge is 2.05. The first-order valence-electron chi connectivity index (χ1n) is 8.93. The fourth-order valence-corrected chi connectivity index (χ4v) is 3.19. The third-order valence-corrected chi connectivity index (χ3v) is 4.76. The molecule has 1 aromatic heterocycles. The van der Waals surface area contributed by atoms with E-state index in [4.69, 9.17) is 5.21 Å². The number of nitrogens with zero attached hydrogens (tertiary/aromatic N) is 2. The lowest BCUT2D eigenvalue weighted by Crippen LogP contribution is -2.18. The van der Waals surface area contributed by atoms with Crippen LogP contribution in [0, 0.1) is 0 Å². The lowest BCUT2D eigenvalue weighted by atomic mass is 10.0. The van der Waals surface area contributed by atoms with E-state index < -0.39 is 5.91 Å². The van der Waals surface area contributed by atoms with E-state index in [1.165, 1.54) is 0 Å². The smallest absolute Gasteiger partial charge is 0.274 e. The zero-order valence-electron chi connectivity index (χ0n) is 15.4. The Labute approximate surface area is 162 Å². The molecule has 0 bridgehead atoms. The second-order valence-corrected chi connectivity index (χ2v) is 6.61. The van der Waals surface area contributed by atoms with E-state index in [1.54, 1.807) is 17.6 Å². The summed E-state index contributed by atoms with van der Waals surface area (Å²) in [5, 5.41) is 17.5. The summed E-state index contributed by atoms with van der Waals surface area (Å²) < 4.78 is 1.87. The van der Waals surface area contributed by atoms with Gasteiger partial charge in [-0.15, -0.1) is 0 Å². The van der Waals surface area contributed by atoms with E-state index in [2.05, 4.69) is 40.7 Å². The molecule has 0 spiro atoms. The predicted molar refractivity (Wildman–Crippen MR) is 109 cm³/mol. The first kappa shape index (κ1) is 17.8. The number of fused-ring (bicyclic) bond motifs is 1. The van der Waals surface area contributed by atoms with Crippen LogP contribution in [0.3, 0.4) is 0 Å². The molecule has 0 saturated heterocycles. The molecule has 0 aliphatic heterocycles. The monoisotopic (exact) mass is 372 g/mol. The molecule has 1 amide bonds. The number of carbonyl (C=O) groups excluding carboxylic acids is 1.